The number of carbonyl (C=O) groups excluding carboxylic acids is 1. The molecule has 0 aliphatic rings. The van der Waals surface area contributed by atoms with Crippen LogP contribution in [0.25, 0.3) is 0 Å². The lowest BCUT2D eigenvalue weighted by Crippen LogP contribution is -2.48. The van der Waals surface area contributed by atoms with E-state index in [4.69, 9.17) is 0 Å². The molecule has 5 nitrogen and oxygen atoms in total. The Morgan fingerprint density at radius 1 is 0.533 bits per heavy atom. The molecule has 1 amide bonds. The van der Waals surface area contributed by atoms with Gasteiger partial charge in [0.2, 0.25) is 5.91 Å². The van der Waals surface area contributed by atoms with Crippen LogP contribution >= 0.6 is 0 Å². The average molecular weight is 636 g/mol. The van der Waals surface area contributed by atoms with Crippen LogP contribution in [0.4, 0.5) is 0 Å². The monoisotopic (exact) mass is 636 g/mol. The summed E-state index contributed by atoms with van der Waals surface area (Å²) in [6.45, 7) is 4.14. The van der Waals surface area contributed by atoms with Crippen LogP contribution in [-0.4, -0.2) is 46.1 Å². The summed E-state index contributed by atoms with van der Waals surface area (Å²) in [6.07, 6.45) is 42.1. The van der Waals surface area contributed by atoms with E-state index >= 15 is 0 Å². The first kappa shape index (κ1) is 43.8. The van der Waals surface area contributed by atoms with Crippen molar-refractivity contribution >= 4 is 5.91 Å². The summed E-state index contributed by atoms with van der Waals surface area (Å²) in [4.78, 5) is 12.4. The van der Waals surface area contributed by atoms with Crippen molar-refractivity contribution in [2.75, 3.05) is 6.61 Å². The molecule has 45 heavy (non-hydrogen) atoms. The maximum atomic E-state index is 12.4. The SMILES string of the molecule is CCCCCCCCC/C=C/C(O)C(CO)NC(=O)C(O)CCCCCCCC/C=C\CCCCCCCCCCCCCC. The lowest BCUT2D eigenvalue weighted by atomic mass is 10.0. The van der Waals surface area contributed by atoms with Gasteiger partial charge in [-0.1, -0.05) is 179 Å². The third-order valence-electron chi connectivity index (χ3n) is 9.04. The number of amides is 1. The Kier molecular flexibility index (Phi) is 34.8. The topological polar surface area (TPSA) is 89.8 Å². The second kappa shape index (κ2) is 35.7. The van der Waals surface area contributed by atoms with Crippen LogP contribution in [0.1, 0.15) is 200 Å². The second-order valence-electron chi connectivity index (χ2n) is 13.5. The molecule has 5 heteroatoms. The number of rotatable bonds is 35. The number of allylic oxidation sites excluding steroid dienone is 3. The lowest BCUT2D eigenvalue weighted by Gasteiger charge is -2.21. The summed E-state index contributed by atoms with van der Waals surface area (Å²) < 4.78 is 0. The molecule has 4 N–H and O–H groups in total. The molecule has 0 saturated carbocycles. The molecule has 0 aromatic carbocycles. The molecular weight excluding hydrogens is 558 g/mol. The van der Waals surface area contributed by atoms with Crippen molar-refractivity contribution < 1.29 is 20.1 Å². The predicted octanol–water partition coefficient (Wildman–Crippen LogP) is 10.7. The molecule has 0 radical (unpaired) electrons. The van der Waals surface area contributed by atoms with Crippen molar-refractivity contribution in [2.24, 2.45) is 0 Å². The van der Waals surface area contributed by atoms with Gasteiger partial charge in [0, 0.05) is 0 Å². The van der Waals surface area contributed by atoms with Gasteiger partial charge in [-0.15, -0.1) is 0 Å². The zero-order valence-corrected chi connectivity index (χ0v) is 30.0. The van der Waals surface area contributed by atoms with Gasteiger partial charge in [0.15, 0.2) is 0 Å². The molecule has 3 atom stereocenters. The Balaban J connectivity index is 3.64. The van der Waals surface area contributed by atoms with Crippen molar-refractivity contribution in [1.82, 2.24) is 5.32 Å². The molecule has 0 aliphatic carbocycles. The Morgan fingerprint density at radius 3 is 1.29 bits per heavy atom. The van der Waals surface area contributed by atoms with Crippen LogP contribution in [0.5, 0.6) is 0 Å². The van der Waals surface area contributed by atoms with Crippen molar-refractivity contribution in [3.05, 3.63) is 24.3 Å². The van der Waals surface area contributed by atoms with Crippen LogP contribution in [0.2, 0.25) is 0 Å². The average Bonchev–Trinajstić information content (AvgIpc) is 3.04. The first-order valence-electron chi connectivity index (χ1n) is 19.7. The molecule has 0 spiro atoms. The van der Waals surface area contributed by atoms with Crippen molar-refractivity contribution in [3.8, 4) is 0 Å². The molecule has 0 aliphatic heterocycles. The predicted molar refractivity (Wildman–Crippen MR) is 195 cm³/mol. The molecule has 0 aromatic rings. The van der Waals surface area contributed by atoms with Gasteiger partial charge in [-0.05, 0) is 44.9 Å². The van der Waals surface area contributed by atoms with Crippen LogP contribution in [-0.2, 0) is 4.79 Å². The number of carbonyl (C=O) groups is 1. The van der Waals surface area contributed by atoms with Crippen LogP contribution in [0.3, 0.4) is 0 Å². The summed E-state index contributed by atoms with van der Waals surface area (Å²) in [7, 11) is 0. The summed E-state index contributed by atoms with van der Waals surface area (Å²) >= 11 is 0. The van der Waals surface area contributed by atoms with Crippen LogP contribution in [0, 0.1) is 0 Å². The molecule has 0 rings (SSSR count). The smallest absolute Gasteiger partial charge is 0.249 e. The first-order chi connectivity index (χ1) is 22.1. The Labute approximate surface area is 280 Å². The molecule has 0 fully saturated rings. The molecular formula is C40H77NO4. The van der Waals surface area contributed by atoms with E-state index in [-0.39, 0.29) is 6.61 Å². The highest BCUT2D eigenvalue weighted by molar-refractivity contribution is 5.80. The van der Waals surface area contributed by atoms with Gasteiger partial charge in [0.05, 0.1) is 18.8 Å². The van der Waals surface area contributed by atoms with Crippen LogP contribution in [0.15, 0.2) is 24.3 Å². The highest BCUT2D eigenvalue weighted by atomic mass is 16.3. The Hall–Kier alpha value is -1.17. The minimum atomic E-state index is -1.10. The Bertz CT molecular complexity index is 665. The zero-order valence-electron chi connectivity index (χ0n) is 30.0. The fraction of sp³-hybridized carbons (Fsp3) is 0.875. The van der Waals surface area contributed by atoms with E-state index in [9.17, 15) is 20.1 Å². The lowest BCUT2D eigenvalue weighted by molar-refractivity contribution is -0.131. The number of hydrogen-bond donors (Lipinski definition) is 4. The van der Waals surface area contributed by atoms with Gasteiger partial charge < -0.3 is 20.6 Å². The number of aliphatic hydroxyl groups excluding tert-OH is 3. The quantitative estimate of drug-likeness (QED) is 0.0412. The molecule has 0 bridgehead atoms. The minimum absolute atomic E-state index is 0.365. The van der Waals surface area contributed by atoms with Crippen molar-refractivity contribution in [2.45, 2.75) is 218 Å². The summed E-state index contributed by atoms with van der Waals surface area (Å²) in [6, 6.07) is -0.795. The Morgan fingerprint density at radius 2 is 0.889 bits per heavy atom. The number of nitrogens with one attached hydrogen (secondary N) is 1. The van der Waals surface area contributed by atoms with Gasteiger partial charge >= 0.3 is 0 Å². The van der Waals surface area contributed by atoms with Gasteiger partial charge in [0.25, 0.3) is 0 Å². The van der Waals surface area contributed by atoms with E-state index in [1.54, 1.807) is 6.08 Å². The molecule has 0 aromatic heterocycles. The second-order valence-corrected chi connectivity index (χ2v) is 13.5. The molecule has 3 unspecified atom stereocenters. The van der Waals surface area contributed by atoms with Crippen molar-refractivity contribution in [3.63, 3.8) is 0 Å². The third-order valence-corrected chi connectivity index (χ3v) is 9.04. The highest BCUT2D eigenvalue weighted by Gasteiger charge is 2.22. The fourth-order valence-electron chi connectivity index (χ4n) is 5.88. The van der Waals surface area contributed by atoms with E-state index in [0.29, 0.717) is 6.42 Å². The molecule has 0 heterocycles. The number of hydrogen-bond acceptors (Lipinski definition) is 4. The third kappa shape index (κ3) is 31.2. The molecule has 0 saturated heterocycles. The van der Waals surface area contributed by atoms with E-state index in [1.165, 1.54) is 148 Å². The highest BCUT2D eigenvalue weighted by Crippen LogP contribution is 2.14. The zero-order chi connectivity index (χ0) is 33.1. The maximum Gasteiger partial charge on any atom is 0.249 e. The maximum absolute atomic E-state index is 12.4. The van der Waals surface area contributed by atoms with Gasteiger partial charge in [-0.3, -0.25) is 4.79 Å². The van der Waals surface area contributed by atoms with E-state index in [0.717, 1.165) is 32.1 Å². The van der Waals surface area contributed by atoms with Gasteiger partial charge in [-0.25, -0.2) is 0 Å². The number of unbranched alkanes of at least 4 members (excludes halogenated alkanes) is 25. The van der Waals surface area contributed by atoms with E-state index in [1.807, 2.05) is 6.08 Å². The number of aliphatic hydroxyl groups is 3. The summed E-state index contributed by atoms with van der Waals surface area (Å²) in [5.74, 6) is -0.510. The summed E-state index contributed by atoms with van der Waals surface area (Å²) in [5, 5.41) is 32.9. The normalized spacial score (nSPS) is 14.0. The standard InChI is InChI=1S/C40H77NO4/c1-3-5-7-9-11-13-14-15-16-17-18-19-20-21-22-23-24-25-27-29-31-33-35-39(44)40(45)41-37(36-42)38(43)34-32-30-28-26-12-10-8-6-4-2/h21-22,32,34,37-39,42-44H,3-20,23-31,33,35-36H2,1-2H3,(H,41,45)/b22-21-,34-32+. The summed E-state index contributed by atoms with van der Waals surface area (Å²) in [5.41, 5.74) is 0. The van der Waals surface area contributed by atoms with Crippen LogP contribution < -0.4 is 5.32 Å². The fourth-order valence-corrected chi connectivity index (χ4v) is 5.88. The minimum Gasteiger partial charge on any atom is -0.394 e. The largest absolute Gasteiger partial charge is 0.394 e. The van der Waals surface area contributed by atoms with E-state index < -0.39 is 24.2 Å². The molecule has 266 valence electrons. The van der Waals surface area contributed by atoms with E-state index in [2.05, 4.69) is 31.3 Å². The van der Waals surface area contributed by atoms with Crippen molar-refractivity contribution in [1.29, 1.82) is 0 Å². The van der Waals surface area contributed by atoms with Gasteiger partial charge in [-0.2, -0.15) is 0 Å². The van der Waals surface area contributed by atoms with Gasteiger partial charge in [0.1, 0.15) is 6.10 Å². The first-order valence-corrected chi connectivity index (χ1v) is 19.7.